The number of nitrogens with zero attached hydrogens (tertiary/aromatic N) is 2. The summed E-state index contributed by atoms with van der Waals surface area (Å²) in [6, 6.07) is 6.23. The third kappa shape index (κ3) is 3.16. The van der Waals surface area contributed by atoms with Crippen LogP contribution in [-0.2, 0) is 6.42 Å². The van der Waals surface area contributed by atoms with Crippen LogP contribution in [0.25, 0.3) is 11.5 Å². The summed E-state index contributed by atoms with van der Waals surface area (Å²) in [5.41, 5.74) is 0.691. The van der Waals surface area contributed by atoms with E-state index in [-0.39, 0.29) is 0 Å². The van der Waals surface area contributed by atoms with Crippen LogP contribution in [-0.4, -0.2) is 37.0 Å². The molecule has 0 saturated heterocycles. The van der Waals surface area contributed by atoms with Crippen LogP contribution in [0.2, 0.25) is 0 Å². The minimum atomic E-state index is 0.422. The highest BCUT2D eigenvalue weighted by Crippen LogP contribution is 2.37. The Labute approximate surface area is 123 Å². The maximum Gasteiger partial charge on any atom is 0.255 e. The van der Waals surface area contributed by atoms with Crippen molar-refractivity contribution in [1.29, 1.82) is 0 Å². The number of benzene rings is 1. The number of rotatable bonds is 7. The smallest absolute Gasteiger partial charge is 0.255 e. The van der Waals surface area contributed by atoms with Gasteiger partial charge in [-0.1, -0.05) is 6.07 Å². The summed E-state index contributed by atoms with van der Waals surface area (Å²) in [6.45, 7) is 0.857. The molecule has 6 heteroatoms. The highest BCUT2D eigenvalue weighted by Gasteiger charge is 2.21. The minimum Gasteiger partial charge on any atom is -0.496 e. The molecule has 21 heavy (non-hydrogen) atoms. The average Bonchev–Trinajstić information content (AvgIpc) is 3.23. The maximum atomic E-state index is 5.73. The Hall–Kier alpha value is -2.08. The van der Waals surface area contributed by atoms with Crippen LogP contribution in [0.3, 0.4) is 0 Å². The lowest BCUT2D eigenvalue weighted by Gasteiger charge is -2.09. The second-order valence-electron chi connectivity index (χ2n) is 5.02. The zero-order valence-corrected chi connectivity index (χ0v) is 12.3. The number of hydrogen-bond donors (Lipinski definition) is 1. The molecule has 1 saturated carbocycles. The van der Waals surface area contributed by atoms with Gasteiger partial charge in [0.15, 0.2) is 0 Å². The zero-order chi connectivity index (χ0) is 14.7. The van der Waals surface area contributed by atoms with Crippen molar-refractivity contribution in [3.63, 3.8) is 0 Å². The number of hydrogen-bond acceptors (Lipinski definition) is 6. The van der Waals surface area contributed by atoms with Crippen LogP contribution in [0.1, 0.15) is 18.7 Å². The Morgan fingerprint density at radius 3 is 2.52 bits per heavy atom. The Balaban J connectivity index is 1.78. The Morgan fingerprint density at radius 1 is 1.19 bits per heavy atom. The van der Waals surface area contributed by atoms with Gasteiger partial charge in [0.1, 0.15) is 17.1 Å². The maximum absolute atomic E-state index is 5.73. The van der Waals surface area contributed by atoms with E-state index < -0.39 is 0 Å². The van der Waals surface area contributed by atoms with Crippen molar-refractivity contribution in [1.82, 2.24) is 15.5 Å². The number of ether oxygens (including phenoxy) is 2. The Morgan fingerprint density at radius 2 is 1.90 bits per heavy atom. The van der Waals surface area contributed by atoms with Gasteiger partial charge in [0.2, 0.25) is 5.89 Å². The van der Waals surface area contributed by atoms with E-state index in [2.05, 4.69) is 15.5 Å². The van der Waals surface area contributed by atoms with E-state index in [9.17, 15) is 0 Å². The number of methoxy groups -OCH3 is 2. The third-order valence-electron chi connectivity index (χ3n) is 3.46. The van der Waals surface area contributed by atoms with Crippen LogP contribution in [0.4, 0.5) is 0 Å². The SMILES string of the molecule is COc1cccc(OC)c1-c1nnc(CCNC2CC2)o1. The molecule has 1 fully saturated rings. The van der Waals surface area contributed by atoms with E-state index in [0.717, 1.165) is 13.0 Å². The summed E-state index contributed by atoms with van der Waals surface area (Å²) in [4.78, 5) is 0. The molecule has 0 amide bonds. The molecule has 0 radical (unpaired) electrons. The molecule has 1 aromatic carbocycles. The molecule has 6 nitrogen and oxygen atoms in total. The van der Waals surface area contributed by atoms with Gasteiger partial charge in [0.05, 0.1) is 14.2 Å². The van der Waals surface area contributed by atoms with E-state index in [1.807, 2.05) is 18.2 Å². The molecule has 0 atom stereocenters. The summed E-state index contributed by atoms with van der Waals surface area (Å²) in [5, 5.41) is 11.6. The van der Waals surface area contributed by atoms with Crippen LogP contribution >= 0.6 is 0 Å². The summed E-state index contributed by atoms with van der Waals surface area (Å²) in [6.07, 6.45) is 3.27. The zero-order valence-electron chi connectivity index (χ0n) is 12.3. The second-order valence-corrected chi connectivity index (χ2v) is 5.02. The fourth-order valence-corrected chi connectivity index (χ4v) is 2.19. The number of aromatic nitrogens is 2. The first-order valence-corrected chi connectivity index (χ1v) is 7.09. The van der Waals surface area contributed by atoms with Gasteiger partial charge in [-0.25, -0.2) is 0 Å². The molecular formula is C15H19N3O3. The summed E-state index contributed by atoms with van der Waals surface area (Å²) in [7, 11) is 3.21. The van der Waals surface area contributed by atoms with Crippen LogP contribution in [0.15, 0.2) is 22.6 Å². The van der Waals surface area contributed by atoms with Crippen LogP contribution in [0.5, 0.6) is 11.5 Å². The van der Waals surface area contributed by atoms with Crippen molar-refractivity contribution in [2.24, 2.45) is 0 Å². The molecule has 0 aliphatic heterocycles. The summed E-state index contributed by atoms with van der Waals surface area (Å²) >= 11 is 0. The Kier molecular flexibility index (Phi) is 4.06. The summed E-state index contributed by atoms with van der Waals surface area (Å²) in [5.74, 6) is 2.35. The standard InChI is InChI=1S/C15H19N3O3/c1-19-11-4-3-5-12(20-2)14(11)15-18-17-13(21-15)8-9-16-10-6-7-10/h3-5,10,16H,6-9H2,1-2H3. The van der Waals surface area contributed by atoms with Crippen molar-refractivity contribution in [2.45, 2.75) is 25.3 Å². The van der Waals surface area contributed by atoms with Crippen molar-refractivity contribution in [3.05, 3.63) is 24.1 Å². The van der Waals surface area contributed by atoms with Gasteiger partial charge in [0, 0.05) is 19.0 Å². The molecule has 0 unspecified atom stereocenters. The molecule has 1 aliphatic carbocycles. The van der Waals surface area contributed by atoms with Gasteiger partial charge in [0.25, 0.3) is 5.89 Å². The molecule has 0 bridgehead atoms. The van der Waals surface area contributed by atoms with Crippen molar-refractivity contribution >= 4 is 0 Å². The molecule has 1 N–H and O–H groups in total. The third-order valence-corrected chi connectivity index (χ3v) is 3.46. The predicted molar refractivity (Wildman–Crippen MR) is 77.6 cm³/mol. The molecule has 1 aromatic heterocycles. The molecule has 0 spiro atoms. The number of nitrogens with one attached hydrogen (secondary N) is 1. The lowest BCUT2D eigenvalue weighted by molar-refractivity contribution is 0.392. The monoisotopic (exact) mass is 289 g/mol. The average molecular weight is 289 g/mol. The fourth-order valence-electron chi connectivity index (χ4n) is 2.19. The highest BCUT2D eigenvalue weighted by molar-refractivity contribution is 5.70. The second kappa shape index (κ2) is 6.13. The first-order chi connectivity index (χ1) is 10.3. The van der Waals surface area contributed by atoms with Gasteiger partial charge < -0.3 is 19.2 Å². The van der Waals surface area contributed by atoms with Gasteiger partial charge in [-0.05, 0) is 25.0 Å². The van der Waals surface area contributed by atoms with Gasteiger partial charge in [-0.2, -0.15) is 0 Å². The van der Waals surface area contributed by atoms with Gasteiger partial charge in [-0.3, -0.25) is 0 Å². The summed E-state index contributed by atoms with van der Waals surface area (Å²) < 4.78 is 16.4. The molecular weight excluding hydrogens is 270 g/mol. The van der Waals surface area contributed by atoms with Gasteiger partial charge >= 0.3 is 0 Å². The largest absolute Gasteiger partial charge is 0.496 e. The highest BCUT2D eigenvalue weighted by atomic mass is 16.5. The van der Waals surface area contributed by atoms with E-state index in [1.54, 1.807) is 14.2 Å². The topological polar surface area (TPSA) is 69.4 Å². The fraction of sp³-hybridized carbons (Fsp3) is 0.467. The first kappa shape index (κ1) is 13.9. The predicted octanol–water partition coefficient (Wildman–Crippen LogP) is 2.05. The Bertz CT molecular complexity index is 586. The lowest BCUT2D eigenvalue weighted by Crippen LogP contribution is -2.19. The van der Waals surface area contributed by atoms with E-state index in [4.69, 9.17) is 13.9 Å². The molecule has 112 valence electrons. The van der Waals surface area contributed by atoms with E-state index >= 15 is 0 Å². The van der Waals surface area contributed by atoms with Crippen LogP contribution in [0, 0.1) is 0 Å². The first-order valence-electron chi connectivity index (χ1n) is 7.09. The van der Waals surface area contributed by atoms with Gasteiger partial charge in [-0.15, -0.1) is 10.2 Å². The molecule has 3 rings (SSSR count). The van der Waals surface area contributed by atoms with E-state index in [0.29, 0.717) is 34.9 Å². The van der Waals surface area contributed by atoms with Crippen molar-refractivity contribution in [2.75, 3.05) is 20.8 Å². The molecule has 1 heterocycles. The van der Waals surface area contributed by atoms with Crippen molar-refractivity contribution < 1.29 is 13.9 Å². The van der Waals surface area contributed by atoms with Crippen molar-refractivity contribution in [3.8, 4) is 23.0 Å². The lowest BCUT2D eigenvalue weighted by atomic mass is 10.2. The minimum absolute atomic E-state index is 0.422. The normalized spacial score (nSPS) is 14.2. The molecule has 2 aromatic rings. The van der Waals surface area contributed by atoms with E-state index in [1.165, 1.54) is 12.8 Å². The molecule has 1 aliphatic rings. The van der Waals surface area contributed by atoms with Crippen LogP contribution < -0.4 is 14.8 Å². The quantitative estimate of drug-likeness (QED) is 0.841.